The second-order valence-corrected chi connectivity index (χ2v) is 6.42. The molecule has 1 aliphatic rings. The Kier molecular flexibility index (Phi) is 4.72. The van der Waals surface area contributed by atoms with E-state index >= 15 is 0 Å². The monoisotopic (exact) mass is 318 g/mol. The number of rotatable bonds is 5. The van der Waals surface area contributed by atoms with E-state index in [9.17, 15) is 4.79 Å². The zero-order valence-electron chi connectivity index (χ0n) is 12.4. The zero-order chi connectivity index (χ0) is 15.4. The summed E-state index contributed by atoms with van der Waals surface area (Å²) >= 11 is 1.26. The first-order valence-electron chi connectivity index (χ1n) is 7.38. The van der Waals surface area contributed by atoms with Gasteiger partial charge in [-0.1, -0.05) is 30.3 Å². The molecule has 2 heterocycles. The van der Waals surface area contributed by atoms with Gasteiger partial charge in [0.25, 0.3) is 5.22 Å². The summed E-state index contributed by atoms with van der Waals surface area (Å²) in [6, 6.07) is 3.98. The van der Waals surface area contributed by atoms with Crippen LogP contribution in [0.4, 0.5) is 0 Å². The molecule has 0 aliphatic heterocycles. The van der Waals surface area contributed by atoms with Gasteiger partial charge < -0.3 is 9.84 Å². The van der Waals surface area contributed by atoms with E-state index in [4.69, 9.17) is 4.52 Å². The molecule has 3 rings (SSSR count). The summed E-state index contributed by atoms with van der Waals surface area (Å²) < 4.78 is 5.15. The Labute approximate surface area is 133 Å². The number of pyridine rings is 1. The van der Waals surface area contributed by atoms with Crippen molar-refractivity contribution in [1.82, 2.24) is 20.4 Å². The molecule has 0 bridgehead atoms. The van der Waals surface area contributed by atoms with Crippen LogP contribution in [0, 0.1) is 5.92 Å². The fourth-order valence-corrected chi connectivity index (χ4v) is 3.19. The molecule has 22 heavy (non-hydrogen) atoms. The third kappa shape index (κ3) is 3.65. The Balaban J connectivity index is 1.51. The zero-order valence-corrected chi connectivity index (χ0v) is 13.2. The highest BCUT2D eigenvalue weighted by molar-refractivity contribution is 7.99. The van der Waals surface area contributed by atoms with Crippen molar-refractivity contribution in [1.29, 1.82) is 0 Å². The number of hydrogen-bond donors (Lipinski definition) is 1. The highest BCUT2D eigenvalue weighted by Crippen LogP contribution is 2.25. The van der Waals surface area contributed by atoms with Gasteiger partial charge in [0.1, 0.15) is 0 Å². The number of hydrogen-bond acceptors (Lipinski definition) is 6. The van der Waals surface area contributed by atoms with Gasteiger partial charge in [0.05, 0.1) is 5.75 Å². The van der Waals surface area contributed by atoms with E-state index in [1.807, 2.05) is 12.1 Å². The number of amides is 1. The van der Waals surface area contributed by atoms with E-state index in [1.165, 1.54) is 24.6 Å². The van der Waals surface area contributed by atoms with Gasteiger partial charge in [-0.05, 0) is 30.9 Å². The summed E-state index contributed by atoms with van der Waals surface area (Å²) in [6.07, 6.45) is 6.82. The minimum Gasteiger partial charge on any atom is -0.352 e. The van der Waals surface area contributed by atoms with E-state index < -0.39 is 0 Å². The lowest BCUT2D eigenvalue weighted by Gasteiger charge is -2.16. The van der Waals surface area contributed by atoms with Crippen molar-refractivity contribution in [3.05, 3.63) is 24.5 Å². The fraction of sp³-hybridized carbons (Fsp3) is 0.467. The largest absolute Gasteiger partial charge is 0.352 e. The van der Waals surface area contributed by atoms with E-state index in [2.05, 4.69) is 27.4 Å². The summed E-state index contributed by atoms with van der Waals surface area (Å²) in [6.45, 7) is 2.18. The maximum atomic E-state index is 12.0. The molecule has 0 radical (unpaired) electrons. The molecule has 6 nitrogen and oxygen atoms in total. The fourth-order valence-electron chi connectivity index (χ4n) is 2.62. The van der Waals surface area contributed by atoms with Gasteiger partial charge in [-0.2, -0.15) is 4.98 Å². The predicted octanol–water partition coefficient (Wildman–Crippen LogP) is 2.53. The van der Waals surface area contributed by atoms with Crippen molar-refractivity contribution in [2.24, 2.45) is 5.92 Å². The van der Waals surface area contributed by atoms with Crippen LogP contribution in [0.2, 0.25) is 0 Å². The van der Waals surface area contributed by atoms with Crippen LogP contribution < -0.4 is 5.32 Å². The summed E-state index contributed by atoms with van der Waals surface area (Å²) in [4.78, 5) is 20.2. The van der Waals surface area contributed by atoms with Crippen LogP contribution in [0.15, 0.2) is 34.3 Å². The number of thioether (sulfide) groups is 1. The molecule has 2 atom stereocenters. The van der Waals surface area contributed by atoms with Gasteiger partial charge in [-0.3, -0.25) is 9.78 Å². The molecule has 1 amide bonds. The topological polar surface area (TPSA) is 80.9 Å². The number of carbonyl (C=O) groups excluding carboxylic acids is 1. The average molecular weight is 318 g/mol. The lowest BCUT2D eigenvalue weighted by Crippen LogP contribution is -2.37. The number of nitrogens with zero attached hydrogens (tertiary/aromatic N) is 3. The van der Waals surface area contributed by atoms with E-state index in [0.29, 0.717) is 23.0 Å². The molecule has 0 unspecified atom stereocenters. The highest BCUT2D eigenvalue weighted by Gasteiger charge is 2.24. The molecule has 1 aliphatic carbocycles. The first-order chi connectivity index (χ1) is 10.7. The summed E-state index contributed by atoms with van der Waals surface area (Å²) in [7, 11) is 0. The third-order valence-corrected chi connectivity index (χ3v) is 4.68. The standard InChI is InChI=1S/C15H18N4O2S/c1-10-4-2-6-12(10)17-13(20)9-22-15-18-14(19-21-15)11-5-3-7-16-8-11/h3,5,7-8,10,12H,2,4,6,9H2,1H3,(H,17,20)/t10-,12-/m0/s1. The van der Waals surface area contributed by atoms with Crippen LogP contribution in [-0.2, 0) is 4.79 Å². The van der Waals surface area contributed by atoms with Crippen molar-refractivity contribution in [3.63, 3.8) is 0 Å². The first-order valence-corrected chi connectivity index (χ1v) is 8.37. The second kappa shape index (κ2) is 6.91. The van der Waals surface area contributed by atoms with Gasteiger partial charge in [0, 0.05) is 24.0 Å². The van der Waals surface area contributed by atoms with Gasteiger partial charge in [-0.15, -0.1) is 0 Å². The van der Waals surface area contributed by atoms with Crippen LogP contribution in [0.1, 0.15) is 26.2 Å². The average Bonchev–Trinajstić information content (AvgIpc) is 3.16. The van der Waals surface area contributed by atoms with Gasteiger partial charge in [-0.25, -0.2) is 0 Å². The van der Waals surface area contributed by atoms with E-state index in [1.54, 1.807) is 12.4 Å². The van der Waals surface area contributed by atoms with Crippen molar-refractivity contribution in [3.8, 4) is 11.4 Å². The van der Waals surface area contributed by atoms with Crippen molar-refractivity contribution in [2.45, 2.75) is 37.5 Å². The SMILES string of the molecule is C[C@H]1CCC[C@@H]1NC(=O)CSc1nc(-c2cccnc2)no1. The van der Waals surface area contributed by atoms with Gasteiger partial charge in [0.2, 0.25) is 11.7 Å². The molecule has 116 valence electrons. The quantitative estimate of drug-likeness (QED) is 0.853. The van der Waals surface area contributed by atoms with E-state index in [0.717, 1.165) is 12.0 Å². The molecule has 2 aromatic heterocycles. The van der Waals surface area contributed by atoms with Crippen LogP contribution in [-0.4, -0.2) is 32.8 Å². The Morgan fingerprint density at radius 2 is 2.41 bits per heavy atom. The number of carbonyl (C=O) groups is 1. The molecule has 1 saturated carbocycles. The van der Waals surface area contributed by atoms with Crippen molar-refractivity contribution < 1.29 is 9.32 Å². The minimum absolute atomic E-state index is 0.0184. The smallest absolute Gasteiger partial charge is 0.286 e. The van der Waals surface area contributed by atoms with Gasteiger partial charge >= 0.3 is 0 Å². The number of nitrogens with one attached hydrogen (secondary N) is 1. The normalized spacial score (nSPS) is 21.0. The predicted molar refractivity (Wildman–Crippen MR) is 83.2 cm³/mol. The molecular formula is C15H18N4O2S. The molecular weight excluding hydrogens is 300 g/mol. The molecule has 2 aromatic rings. The van der Waals surface area contributed by atoms with Crippen LogP contribution in [0.3, 0.4) is 0 Å². The van der Waals surface area contributed by atoms with Gasteiger partial charge in [0.15, 0.2) is 0 Å². The van der Waals surface area contributed by atoms with Crippen molar-refractivity contribution >= 4 is 17.7 Å². The maximum Gasteiger partial charge on any atom is 0.286 e. The molecule has 0 aromatic carbocycles. The Hall–Kier alpha value is -1.89. The Morgan fingerprint density at radius 1 is 1.50 bits per heavy atom. The lowest BCUT2D eigenvalue weighted by atomic mass is 10.1. The summed E-state index contributed by atoms with van der Waals surface area (Å²) in [5.74, 6) is 1.36. The van der Waals surface area contributed by atoms with Crippen molar-refractivity contribution in [2.75, 3.05) is 5.75 Å². The Bertz CT molecular complexity index is 631. The Morgan fingerprint density at radius 3 is 3.14 bits per heavy atom. The highest BCUT2D eigenvalue weighted by atomic mass is 32.2. The molecule has 0 spiro atoms. The molecule has 7 heteroatoms. The summed E-state index contributed by atoms with van der Waals surface area (Å²) in [5, 5.41) is 7.38. The minimum atomic E-state index is 0.0184. The molecule has 1 fully saturated rings. The first kappa shape index (κ1) is 15.0. The number of aromatic nitrogens is 3. The second-order valence-electron chi connectivity index (χ2n) is 5.50. The maximum absolute atomic E-state index is 12.0. The van der Waals surface area contributed by atoms with Crippen LogP contribution in [0.5, 0.6) is 0 Å². The van der Waals surface area contributed by atoms with Crippen LogP contribution in [0.25, 0.3) is 11.4 Å². The van der Waals surface area contributed by atoms with Crippen LogP contribution >= 0.6 is 11.8 Å². The third-order valence-electron chi connectivity index (χ3n) is 3.86. The molecule has 1 N–H and O–H groups in total. The lowest BCUT2D eigenvalue weighted by molar-refractivity contribution is -0.119. The summed E-state index contributed by atoms with van der Waals surface area (Å²) in [5.41, 5.74) is 0.794. The van der Waals surface area contributed by atoms with E-state index in [-0.39, 0.29) is 11.7 Å². The molecule has 0 saturated heterocycles.